The monoisotopic (exact) mass is 451 g/mol. The lowest BCUT2D eigenvalue weighted by Crippen LogP contribution is -2.22. The number of ether oxygens (including phenoxy) is 1. The van der Waals surface area contributed by atoms with E-state index >= 15 is 0 Å². The van der Waals surface area contributed by atoms with Crippen LogP contribution in [0.5, 0.6) is 5.75 Å². The van der Waals surface area contributed by atoms with Gasteiger partial charge in [-0.2, -0.15) is 5.10 Å². The Balaban J connectivity index is 1.58. The van der Waals surface area contributed by atoms with Crippen molar-refractivity contribution in [2.75, 3.05) is 0 Å². The highest BCUT2D eigenvalue weighted by Gasteiger charge is 2.29. The summed E-state index contributed by atoms with van der Waals surface area (Å²) >= 11 is 6.20. The molecule has 7 nitrogen and oxygen atoms in total. The lowest BCUT2D eigenvalue weighted by atomic mass is 9.93. The summed E-state index contributed by atoms with van der Waals surface area (Å²) in [7, 11) is 0. The highest BCUT2D eigenvalue weighted by atomic mass is 35.5. The number of rotatable bonds is 4. The van der Waals surface area contributed by atoms with E-state index in [1.165, 1.54) is 0 Å². The second-order valence-electron chi connectivity index (χ2n) is 7.70. The molecule has 0 radical (unpaired) electrons. The first-order valence-electron chi connectivity index (χ1n) is 10.2. The SMILES string of the molecule is Cc1cc(OC(=O)c2oc3c(c2C)/C(=N/NC(=O)c2ccncc2)CCC3)cc(C)c1Cl. The Hall–Kier alpha value is -3.45. The van der Waals surface area contributed by atoms with Gasteiger partial charge in [-0.25, -0.2) is 10.2 Å². The van der Waals surface area contributed by atoms with Crippen LogP contribution in [-0.4, -0.2) is 22.6 Å². The molecule has 2 aromatic heterocycles. The van der Waals surface area contributed by atoms with E-state index in [0.717, 1.165) is 23.1 Å². The molecule has 8 heteroatoms. The van der Waals surface area contributed by atoms with Crippen molar-refractivity contribution in [1.82, 2.24) is 10.4 Å². The molecule has 1 aliphatic carbocycles. The van der Waals surface area contributed by atoms with Crippen LogP contribution >= 0.6 is 11.6 Å². The molecule has 0 unspecified atom stereocenters. The molecule has 0 saturated carbocycles. The number of hydrogen-bond donors (Lipinski definition) is 1. The number of aromatic nitrogens is 1. The molecule has 1 N–H and O–H groups in total. The minimum absolute atomic E-state index is 0.135. The van der Waals surface area contributed by atoms with Gasteiger partial charge < -0.3 is 9.15 Å². The van der Waals surface area contributed by atoms with Crippen molar-refractivity contribution in [3.05, 3.63) is 81.0 Å². The zero-order valence-corrected chi connectivity index (χ0v) is 18.7. The van der Waals surface area contributed by atoms with Crippen LogP contribution < -0.4 is 10.2 Å². The van der Waals surface area contributed by atoms with Gasteiger partial charge in [0.2, 0.25) is 5.76 Å². The average molecular weight is 452 g/mol. The first kappa shape index (κ1) is 21.8. The van der Waals surface area contributed by atoms with E-state index in [-0.39, 0.29) is 11.7 Å². The molecule has 0 fully saturated rings. The molecule has 0 aliphatic heterocycles. The van der Waals surface area contributed by atoms with Crippen LogP contribution in [-0.2, 0) is 6.42 Å². The van der Waals surface area contributed by atoms with Gasteiger partial charge in [0.05, 0.1) is 5.71 Å². The van der Waals surface area contributed by atoms with E-state index < -0.39 is 5.97 Å². The topological polar surface area (TPSA) is 93.8 Å². The van der Waals surface area contributed by atoms with Gasteiger partial charge in [-0.3, -0.25) is 9.78 Å². The van der Waals surface area contributed by atoms with Crippen LogP contribution in [0.1, 0.15) is 61.8 Å². The van der Waals surface area contributed by atoms with Gasteiger partial charge in [0.1, 0.15) is 11.5 Å². The Morgan fingerprint density at radius 3 is 2.50 bits per heavy atom. The first-order valence-corrected chi connectivity index (χ1v) is 10.6. The Morgan fingerprint density at radius 1 is 1.12 bits per heavy atom. The van der Waals surface area contributed by atoms with Gasteiger partial charge in [-0.05, 0) is 69.0 Å². The molecule has 1 amide bonds. The third-order valence-corrected chi connectivity index (χ3v) is 5.96. The summed E-state index contributed by atoms with van der Waals surface area (Å²) in [4.78, 5) is 29.1. The van der Waals surface area contributed by atoms with Crippen LogP contribution in [0.3, 0.4) is 0 Å². The Labute approximate surface area is 190 Å². The second-order valence-corrected chi connectivity index (χ2v) is 8.08. The molecule has 0 atom stereocenters. The number of hydrazone groups is 1. The maximum Gasteiger partial charge on any atom is 0.379 e. The molecule has 3 aromatic rings. The summed E-state index contributed by atoms with van der Waals surface area (Å²) in [5.74, 6) is 0.289. The van der Waals surface area contributed by atoms with Crippen molar-refractivity contribution in [2.24, 2.45) is 5.10 Å². The quantitative estimate of drug-likeness (QED) is 0.344. The van der Waals surface area contributed by atoms with Gasteiger partial charge in [-0.15, -0.1) is 0 Å². The number of pyridine rings is 1. The largest absolute Gasteiger partial charge is 0.453 e. The summed E-state index contributed by atoms with van der Waals surface area (Å²) < 4.78 is 11.4. The van der Waals surface area contributed by atoms with Crippen LogP contribution in [0.25, 0.3) is 0 Å². The summed E-state index contributed by atoms with van der Waals surface area (Å²) in [6.07, 6.45) is 5.23. The zero-order chi connectivity index (χ0) is 22.8. The Morgan fingerprint density at radius 2 is 1.81 bits per heavy atom. The lowest BCUT2D eigenvalue weighted by Gasteiger charge is -2.13. The third-order valence-electron chi connectivity index (χ3n) is 5.37. The number of halogens is 1. The number of nitrogens with zero attached hydrogens (tertiary/aromatic N) is 2. The maximum absolute atomic E-state index is 12.9. The highest BCUT2D eigenvalue weighted by molar-refractivity contribution is 6.32. The number of fused-ring (bicyclic) bond motifs is 1. The van der Waals surface area contributed by atoms with E-state index in [4.69, 9.17) is 20.8 Å². The van der Waals surface area contributed by atoms with E-state index in [1.54, 1.807) is 43.6 Å². The van der Waals surface area contributed by atoms with E-state index in [0.29, 0.717) is 46.2 Å². The number of hydrogen-bond acceptors (Lipinski definition) is 6. The van der Waals surface area contributed by atoms with Crippen LogP contribution in [0, 0.1) is 20.8 Å². The number of esters is 1. The normalized spacial score (nSPS) is 14.2. The molecule has 32 heavy (non-hydrogen) atoms. The van der Waals surface area contributed by atoms with Gasteiger partial charge in [0, 0.05) is 40.5 Å². The average Bonchev–Trinajstić information content (AvgIpc) is 3.13. The van der Waals surface area contributed by atoms with Crippen LogP contribution in [0.2, 0.25) is 5.02 Å². The molecule has 4 rings (SSSR count). The molecule has 1 aliphatic rings. The van der Waals surface area contributed by atoms with Gasteiger partial charge in [0.25, 0.3) is 5.91 Å². The van der Waals surface area contributed by atoms with E-state index in [2.05, 4.69) is 15.5 Å². The van der Waals surface area contributed by atoms with Crippen molar-refractivity contribution in [3.63, 3.8) is 0 Å². The summed E-state index contributed by atoms with van der Waals surface area (Å²) in [5.41, 5.74) is 6.76. The highest BCUT2D eigenvalue weighted by Crippen LogP contribution is 2.31. The number of carbonyl (C=O) groups is 2. The predicted molar refractivity (Wildman–Crippen MR) is 121 cm³/mol. The Bertz CT molecular complexity index is 1210. The lowest BCUT2D eigenvalue weighted by molar-refractivity contribution is 0.0698. The van der Waals surface area contributed by atoms with Gasteiger partial charge in [-0.1, -0.05) is 11.6 Å². The van der Waals surface area contributed by atoms with Crippen molar-refractivity contribution < 1.29 is 18.7 Å². The van der Waals surface area contributed by atoms with Gasteiger partial charge >= 0.3 is 5.97 Å². The zero-order valence-electron chi connectivity index (χ0n) is 18.0. The van der Waals surface area contributed by atoms with E-state index in [1.807, 2.05) is 13.8 Å². The van der Waals surface area contributed by atoms with Gasteiger partial charge in [0.15, 0.2) is 0 Å². The fraction of sp³-hybridized carbons (Fsp3) is 0.250. The summed E-state index contributed by atoms with van der Waals surface area (Å²) in [5, 5.41) is 4.96. The molecular weight excluding hydrogens is 430 g/mol. The van der Waals surface area contributed by atoms with Crippen LogP contribution in [0.15, 0.2) is 46.2 Å². The minimum Gasteiger partial charge on any atom is -0.453 e. The number of furan rings is 1. The molecule has 164 valence electrons. The summed E-state index contributed by atoms with van der Waals surface area (Å²) in [6.45, 7) is 5.50. The molecule has 1 aromatic carbocycles. The standard InChI is InChI=1S/C24H22ClN3O4/c1-13-11-17(12-14(2)21(13)25)31-24(30)22-15(3)20-18(5-4-6-19(20)32-22)27-28-23(29)16-7-9-26-10-8-16/h7-12H,4-6H2,1-3H3,(H,28,29)/b27-18+. The maximum atomic E-state index is 12.9. The number of carbonyl (C=O) groups excluding carboxylic acids is 2. The molecule has 0 bridgehead atoms. The Kier molecular flexibility index (Phi) is 6.10. The fourth-order valence-electron chi connectivity index (χ4n) is 3.78. The molecule has 0 saturated heterocycles. The number of benzene rings is 1. The molecule has 0 spiro atoms. The minimum atomic E-state index is -0.585. The predicted octanol–water partition coefficient (Wildman–Crippen LogP) is 4.94. The van der Waals surface area contributed by atoms with Crippen LogP contribution in [0.4, 0.5) is 0 Å². The van der Waals surface area contributed by atoms with Crippen molar-refractivity contribution >= 4 is 29.2 Å². The smallest absolute Gasteiger partial charge is 0.379 e. The number of amides is 1. The fourth-order valence-corrected chi connectivity index (χ4v) is 3.89. The summed E-state index contributed by atoms with van der Waals surface area (Å²) in [6, 6.07) is 6.65. The van der Waals surface area contributed by atoms with E-state index in [9.17, 15) is 9.59 Å². The third kappa shape index (κ3) is 4.29. The van der Waals surface area contributed by atoms with Crippen molar-refractivity contribution in [2.45, 2.75) is 40.0 Å². The molecule has 2 heterocycles. The number of nitrogens with one attached hydrogen (secondary N) is 1. The molecular formula is C24H22ClN3O4. The van der Waals surface area contributed by atoms with Crippen molar-refractivity contribution in [3.8, 4) is 5.75 Å². The first-order chi connectivity index (χ1) is 15.3. The second kappa shape index (κ2) is 8.96. The number of aryl methyl sites for hydroxylation is 3. The van der Waals surface area contributed by atoms with Crippen molar-refractivity contribution in [1.29, 1.82) is 0 Å².